The molecule has 2 heterocycles. The Morgan fingerprint density at radius 1 is 0.647 bits per heavy atom. The number of benzene rings is 2. The number of fused-ring (bicyclic) bond motifs is 2. The van der Waals surface area contributed by atoms with Crippen LogP contribution in [0.2, 0.25) is 0 Å². The molecule has 4 aromatic rings. The van der Waals surface area contributed by atoms with Gasteiger partial charge in [-0.3, -0.25) is 0 Å². The Labute approximate surface area is 212 Å². The fourth-order valence-corrected chi connectivity index (χ4v) is 7.18. The molecule has 0 aliphatic carbocycles. The van der Waals surface area contributed by atoms with Crippen LogP contribution in [0, 0.1) is 0 Å². The molecule has 182 valence electrons. The topological polar surface area (TPSA) is 18.5 Å². The van der Waals surface area contributed by atoms with Crippen LogP contribution in [0.4, 0.5) is 0 Å². The van der Waals surface area contributed by atoms with E-state index in [4.69, 9.17) is 9.47 Å². The average molecular weight is 495 g/mol. The molecule has 0 N–H and O–H groups in total. The van der Waals surface area contributed by atoms with E-state index in [1.807, 2.05) is 22.7 Å². The molecule has 0 spiro atoms. The van der Waals surface area contributed by atoms with Crippen LogP contribution in [-0.4, -0.2) is 14.2 Å². The van der Waals surface area contributed by atoms with Crippen molar-refractivity contribution in [3.05, 3.63) is 46.2 Å². The lowest BCUT2D eigenvalue weighted by Crippen LogP contribution is -1.91. The second-order valence-corrected chi connectivity index (χ2v) is 11.5. The maximum absolute atomic E-state index is 5.69. The third-order valence-corrected chi connectivity index (χ3v) is 9.03. The number of unbranched alkanes of at least 4 members (excludes halogenated alkanes) is 6. The summed E-state index contributed by atoms with van der Waals surface area (Å²) < 4.78 is 12.7. The third kappa shape index (κ3) is 5.60. The molecule has 0 saturated heterocycles. The summed E-state index contributed by atoms with van der Waals surface area (Å²) in [4.78, 5) is 4.36. The summed E-state index contributed by atoms with van der Waals surface area (Å²) >= 11 is 3.95. The van der Waals surface area contributed by atoms with Crippen LogP contribution in [0.15, 0.2) is 36.4 Å². The number of rotatable bonds is 13. The van der Waals surface area contributed by atoms with Gasteiger partial charge in [-0.05, 0) is 78.2 Å². The Kier molecular flexibility index (Phi) is 8.91. The molecule has 0 radical (unpaired) electrons. The molecule has 0 unspecified atom stereocenters. The number of thiophene rings is 2. The highest BCUT2D eigenvalue weighted by Crippen LogP contribution is 2.46. The van der Waals surface area contributed by atoms with Gasteiger partial charge in [-0.25, -0.2) is 0 Å². The van der Waals surface area contributed by atoms with Crippen molar-refractivity contribution in [3.63, 3.8) is 0 Å². The van der Waals surface area contributed by atoms with Crippen molar-refractivity contribution >= 4 is 43.5 Å². The van der Waals surface area contributed by atoms with E-state index >= 15 is 0 Å². The second-order valence-electron chi connectivity index (χ2n) is 9.20. The summed E-state index contributed by atoms with van der Waals surface area (Å²) in [6.07, 6.45) is 12.8. The van der Waals surface area contributed by atoms with Crippen molar-refractivity contribution < 1.29 is 9.47 Å². The molecule has 0 atom stereocenters. The number of ether oxygens (including phenoxy) is 2. The minimum atomic E-state index is 0.790. The van der Waals surface area contributed by atoms with E-state index < -0.39 is 0 Å². The predicted molar refractivity (Wildman–Crippen MR) is 151 cm³/mol. The SMILES string of the molecule is CCCCCCc1ccc(-c2c3cc(OC)c(OC)cc3cc3cc(CCCCCC)sc23)s1. The third-order valence-electron chi connectivity index (χ3n) is 6.64. The van der Waals surface area contributed by atoms with E-state index in [2.05, 4.69) is 50.2 Å². The van der Waals surface area contributed by atoms with Crippen molar-refractivity contribution in [2.75, 3.05) is 14.2 Å². The zero-order valence-electron chi connectivity index (χ0n) is 21.2. The van der Waals surface area contributed by atoms with Crippen LogP contribution in [0.1, 0.15) is 75.0 Å². The Hall–Kier alpha value is -2.04. The maximum Gasteiger partial charge on any atom is 0.161 e. The van der Waals surface area contributed by atoms with Gasteiger partial charge in [0.05, 0.1) is 14.2 Å². The van der Waals surface area contributed by atoms with Gasteiger partial charge in [-0.15, -0.1) is 22.7 Å². The average Bonchev–Trinajstić information content (AvgIpc) is 3.48. The molecule has 4 heteroatoms. The molecular weight excluding hydrogens is 456 g/mol. The predicted octanol–water partition coefficient (Wildman–Crippen LogP) is 10.0. The Bertz CT molecular complexity index is 1220. The molecule has 0 aliphatic heterocycles. The standard InChI is InChI=1S/C30H38O2S2/c1-5-7-9-11-13-23-15-16-28(33-23)29-25-20-27(32-4)26(31-3)19-21(25)17-22-18-24(34-30(22)29)14-12-10-8-6-2/h15-20H,5-14H2,1-4H3. The molecule has 0 fully saturated rings. The quantitative estimate of drug-likeness (QED) is 0.172. The Morgan fingerprint density at radius 2 is 1.32 bits per heavy atom. The summed E-state index contributed by atoms with van der Waals surface area (Å²) in [5.74, 6) is 1.58. The molecule has 34 heavy (non-hydrogen) atoms. The largest absolute Gasteiger partial charge is 0.493 e. The monoisotopic (exact) mass is 494 g/mol. The number of hydrogen-bond acceptors (Lipinski definition) is 4. The van der Waals surface area contributed by atoms with Crippen LogP contribution >= 0.6 is 22.7 Å². The van der Waals surface area contributed by atoms with Gasteiger partial charge in [0.2, 0.25) is 0 Å². The second kappa shape index (κ2) is 12.1. The van der Waals surface area contributed by atoms with Crippen molar-refractivity contribution in [3.8, 4) is 21.9 Å². The van der Waals surface area contributed by atoms with Crippen molar-refractivity contribution in [1.29, 1.82) is 0 Å². The minimum absolute atomic E-state index is 0.790. The first kappa shape index (κ1) is 25.1. The fourth-order valence-electron chi connectivity index (χ4n) is 4.75. The smallest absolute Gasteiger partial charge is 0.161 e. The summed E-state index contributed by atoms with van der Waals surface area (Å²) in [6, 6.07) is 13.7. The highest BCUT2D eigenvalue weighted by Gasteiger charge is 2.18. The Balaban J connectivity index is 1.78. The first-order valence-corrected chi connectivity index (χ1v) is 14.5. The molecule has 2 aromatic carbocycles. The molecule has 4 rings (SSSR count). The molecule has 0 aliphatic rings. The van der Waals surface area contributed by atoms with E-state index in [1.54, 1.807) is 14.2 Å². The lowest BCUT2D eigenvalue weighted by atomic mass is 10.00. The number of aryl methyl sites for hydroxylation is 2. The lowest BCUT2D eigenvalue weighted by molar-refractivity contribution is 0.356. The molecule has 0 amide bonds. The van der Waals surface area contributed by atoms with Crippen molar-refractivity contribution in [2.45, 2.75) is 78.1 Å². The van der Waals surface area contributed by atoms with E-state index in [9.17, 15) is 0 Å². The van der Waals surface area contributed by atoms with Crippen LogP contribution in [0.25, 0.3) is 31.3 Å². The zero-order chi connectivity index (χ0) is 23.9. The van der Waals surface area contributed by atoms with Gasteiger partial charge in [0.25, 0.3) is 0 Å². The molecule has 2 nitrogen and oxygen atoms in total. The van der Waals surface area contributed by atoms with Gasteiger partial charge >= 0.3 is 0 Å². The molecule has 0 bridgehead atoms. The number of hydrogen-bond donors (Lipinski definition) is 0. The maximum atomic E-state index is 5.69. The van der Waals surface area contributed by atoms with E-state index in [-0.39, 0.29) is 0 Å². The van der Waals surface area contributed by atoms with Crippen LogP contribution < -0.4 is 9.47 Å². The van der Waals surface area contributed by atoms with Crippen LogP contribution in [0.3, 0.4) is 0 Å². The Morgan fingerprint density at radius 3 is 2.00 bits per heavy atom. The van der Waals surface area contributed by atoms with Gasteiger partial charge in [-0.1, -0.05) is 52.4 Å². The van der Waals surface area contributed by atoms with Crippen molar-refractivity contribution in [2.24, 2.45) is 0 Å². The van der Waals surface area contributed by atoms with Gasteiger partial charge in [0.1, 0.15) is 0 Å². The van der Waals surface area contributed by atoms with E-state index in [0.29, 0.717) is 0 Å². The highest BCUT2D eigenvalue weighted by atomic mass is 32.1. The summed E-state index contributed by atoms with van der Waals surface area (Å²) in [7, 11) is 3.44. The van der Waals surface area contributed by atoms with Gasteiger partial charge < -0.3 is 9.47 Å². The van der Waals surface area contributed by atoms with E-state index in [1.165, 1.54) is 105 Å². The van der Waals surface area contributed by atoms with Crippen molar-refractivity contribution in [1.82, 2.24) is 0 Å². The first-order valence-electron chi connectivity index (χ1n) is 12.9. The molecule has 2 aromatic heterocycles. The minimum Gasteiger partial charge on any atom is -0.493 e. The van der Waals surface area contributed by atoms with Gasteiger partial charge in [0.15, 0.2) is 11.5 Å². The first-order chi connectivity index (χ1) is 16.7. The highest BCUT2D eigenvalue weighted by molar-refractivity contribution is 7.21. The molecule has 0 saturated carbocycles. The lowest BCUT2D eigenvalue weighted by Gasteiger charge is -2.12. The summed E-state index contributed by atoms with van der Waals surface area (Å²) in [6.45, 7) is 4.55. The van der Waals surface area contributed by atoms with Crippen LogP contribution in [0.5, 0.6) is 11.5 Å². The van der Waals surface area contributed by atoms with E-state index in [0.717, 1.165) is 11.5 Å². The molecular formula is C30H38O2S2. The normalized spacial score (nSPS) is 11.5. The van der Waals surface area contributed by atoms with Crippen LogP contribution in [-0.2, 0) is 12.8 Å². The number of methoxy groups -OCH3 is 2. The zero-order valence-corrected chi connectivity index (χ0v) is 22.8. The summed E-state index contributed by atoms with van der Waals surface area (Å²) in [5.41, 5.74) is 1.36. The fraction of sp³-hybridized carbons (Fsp3) is 0.467. The van der Waals surface area contributed by atoms with Gasteiger partial charge in [0, 0.05) is 24.9 Å². The van der Waals surface area contributed by atoms with Gasteiger partial charge in [-0.2, -0.15) is 0 Å². The summed E-state index contributed by atoms with van der Waals surface area (Å²) in [5, 5.41) is 3.82.